The quantitative estimate of drug-likeness (QED) is 0.00611. The number of nitrogens with zero attached hydrogens (tertiary/aromatic N) is 6. The van der Waals surface area contributed by atoms with Gasteiger partial charge in [0.15, 0.2) is 54.2 Å². The Morgan fingerprint density at radius 1 is 0.449 bits per heavy atom. The highest BCUT2D eigenvalue weighted by molar-refractivity contribution is 7.92. The second kappa shape index (κ2) is 25.8. The van der Waals surface area contributed by atoms with Crippen LogP contribution < -0.4 is 11.5 Å². The fourth-order valence-electron chi connectivity index (χ4n) is 6.05. The number of anilines is 2. The molecular formula is C34H34N8O27S9. The second-order valence-electron chi connectivity index (χ2n) is 14.4. The zero-order valence-corrected chi connectivity index (χ0v) is 45.3. The molecule has 0 bridgehead atoms. The van der Waals surface area contributed by atoms with Crippen LogP contribution in [-0.4, -0.2) is 125 Å². The maximum absolute atomic E-state index is 13.0. The Balaban J connectivity index is 1.68. The van der Waals surface area contributed by atoms with E-state index in [1.165, 1.54) is 0 Å². The Hall–Kier alpha value is -5.41. The number of nitrogen functional groups attached to an aromatic ring is 2. The van der Waals surface area contributed by atoms with Gasteiger partial charge in [0.1, 0.15) is 48.8 Å². The third kappa shape index (κ3) is 17.1. The van der Waals surface area contributed by atoms with Gasteiger partial charge in [0.05, 0.1) is 63.1 Å². The van der Waals surface area contributed by atoms with Gasteiger partial charge in [-0.1, -0.05) is 22.2 Å². The molecule has 5 aromatic carbocycles. The monoisotopic (exact) mass is 1270 g/mol. The van der Waals surface area contributed by atoms with E-state index in [0.717, 1.165) is 54.6 Å². The normalized spacial score (nSPS) is 13.4. The smallest absolute Gasteiger partial charge is 0.395 e. The highest BCUT2D eigenvalue weighted by atomic mass is 32.3. The summed E-state index contributed by atoms with van der Waals surface area (Å²) in [5, 5.41) is 45.5. The van der Waals surface area contributed by atoms with Crippen LogP contribution in [0.1, 0.15) is 0 Å². The molecule has 78 heavy (non-hydrogen) atoms. The van der Waals surface area contributed by atoms with Crippen LogP contribution in [0.15, 0.2) is 133 Å². The first-order valence-corrected chi connectivity index (χ1v) is 31.7. The summed E-state index contributed by atoms with van der Waals surface area (Å²) in [7, 11) is -34.4. The number of nitrogens with two attached hydrogens (primary N) is 2. The molecule has 0 unspecified atom stereocenters. The molecule has 0 aliphatic heterocycles. The molecule has 5 aromatic rings. The Kier molecular flexibility index (Phi) is 21.0. The van der Waals surface area contributed by atoms with Crippen LogP contribution in [0, 0.1) is 0 Å². The maximum Gasteiger partial charge on any atom is 0.397 e. The SMILES string of the molecule is Nc1c(/N=N/c2ccc(S(=O)(=O)CCOSOOO)cc2S(=O)(=O)O)cc(/N=N/c2ccc3cc(S(=O)(=O)CCOSOOO)ccc3c2S(=O)(=O)O)c(N)c1/N=N/c1ccc(S(=O)(=O)CCOS(=O)(=O)O)cc1S(=O)(=O)O. The van der Waals surface area contributed by atoms with Gasteiger partial charge < -0.3 is 11.5 Å². The Morgan fingerprint density at radius 3 is 1.28 bits per heavy atom. The maximum atomic E-state index is 13.0. The van der Waals surface area contributed by atoms with E-state index in [2.05, 4.69) is 53.6 Å². The van der Waals surface area contributed by atoms with Crippen molar-refractivity contribution >= 4 is 151 Å². The van der Waals surface area contributed by atoms with Gasteiger partial charge in [0.2, 0.25) is 0 Å². The molecule has 426 valence electrons. The number of benzene rings is 5. The van der Waals surface area contributed by atoms with E-state index in [0.29, 0.717) is 18.2 Å². The fraction of sp³-hybridized carbons (Fsp3) is 0.176. The predicted octanol–water partition coefficient (Wildman–Crippen LogP) is 5.13. The van der Waals surface area contributed by atoms with E-state index in [1.54, 1.807) is 0 Å². The molecule has 0 heterocycles. The largest absolute Gasteiger partial charge is 0.397 e. The molecule has 0 aliphatic rings. The van der Waals surface area contributed by atoms with Gasteiger partial charge >= 0.3 is 10.4 Å². The van der Waals surface area contributed by atoms with Gasteiger partial charge in [-0.15, -0.1) is 39.4 Å². The van der Waals surface area contributed by atoms with Crippen molar-refractivity contribution in [1.29, 1.82) is 0 Å². The molecule has 0 aliphatic carbocycles. The van der Waals surface area contributed by atoms with E-state index in [9.17, 15) is 72.6 Å². The number of sulfone groups is 3. The minimum absolute atomic E-state index is 0.0371. The average molecular weight is 1280 g/mol. The zero-order chi connectivity index (χ0) is 58.1. The summed E-state index contributed by atoms with van der Waals surface area (Å²) < 4.78 is 236. The summed E-state index contributed by atoms with van der Waals surface area (Å²) >= 11 is 0.146. The van der Waals surface area contributed by atoms with Gasteiger partial charge in [-0.2, -0.15) is 33.7 Å². The zero-order valence-electron chi connectivity index (χ0n) is 37.9. The molecule has 35 nitrogen and oxygen atoms in total. The van der Waals surface area contributed by atoms with Crippen molar-refractivity contribution < 1.29 is 119 Å². The lowest BCUT2D eigenvalue weighted by Gasteiger charge is -2.11. The van der Waals surface area contributed by atoms with Crippen LogP contribution in [0.3, 0.4) is 0 Å². The summed E-state index contributed by atoms with van der Waals surface area (Å²) in [6, 6.07) is 9.86. The summed E-state index contributed by atoms with van der Waals surface area (Å²) in [6.07, 6.45) is 0. The number of hydrogen-bond donors (Lipinski definition) is 8. The van der Waals surface area contributed by atoms with Crippen molar-refractivity contribution in [1.82, 2.24) is 0 Å². The number of rotatable bonds is 28. The predicted molar refractivity (Wildman–Crippen MR) is 264 cm³/mol. The Morgan fingerprint density at radius 2 is 0.846 bits per heavy atom. The van der Waals surface area contributed by atoms with Gasteiger partial charge in [-0.25, -0.2) is 40.0 Å². The number of azo groups is 3. The Bertz CT molecular complexity index is 4020. The third-order valence-corrected chi connectivity index (χ3v) is 18.4. The molecule has 10 N–H and O–H groups in total. The minimum Gasteiger partial charge on any atom is -0.395 e. The first kappa shape index (κ1) is 63.4. The molecule has 5 rings (SSSR count). The van der Waals surface area contributed by atoms with Gasteiger partial charge in [-0.05, 0) is 66.0 Å². The van der Waals surface area contributed by atoms with E-state index >= 15 is 0 Å². The number of fused-ring (bicyclic) bond motifs is 1. The second-order valence-corrected chi connectivity index (χ2v) is 27.0. The number of hydrogen-bond acceptors (Lipinski definition) is 33. The van der Waals surface area contributed by atoms with E-state index in [-0.39, 0.29) is 40.3 Å². The van der Waals surface area contributed by atoms with Crippen molar-refractivity contribution in [3.05, 3.63) is 72.8 Å². The van der Waals surface area contributed by atoms with Crippen LogP contribution in [0.25, 0.3) is 10.8 Å². The Labute approximate surface area is 448 Å². The summed E-state index contributed by atoms with van der Waals surface area (Å²) in [5.74, 6) is -2.63. The van der Waals surface area contributed by atoms with Crippen molar-refractivity contribution in [3.8, 4) is 0 Å². The highest BCUT2D eigenvalue weighted by Gasteiger charge is 2.27. The van der Waals surface area contributed by atoms with Crippen molar-refractivity contribution in [3.63, 3.8) is 0 Å². The van der Waals surface area contributed by atoms with Crippen LogP contribution >= 0.6 is 24.6 Å². The molecule has 0 atom stereocenters. The van der Waals surface area contributed by atoms with Gasteiger partial charge in [0.25, 0.3) is 30.4 Å². The van der Waals surface area contributed by atoms with Crippen LogP contribution in [0.2, 0.25) is 0 Å². The lowest BCUT2D eigenvalue weighted by atomic mass is 10.1. The van der Waals surface area contributed by atoms with Crippen molar-refractivity contribution in [2.24, 2.45) is 30.7 Å². The van der Waals surface area contributed by atoms with Crippen LogP contribution in [-0.2, 0) is 102 Å². The molecule has 0 saturated carbocycles. The molecule has 0 saturated heterocycles. The topological polar surface area (TPSA) is 551 Å². The molecular weight excluding hydrogens is 1240 g/mol. The standard InChI is InChI=1S/C34H34N8O27S9/c35-31-27(40-37-24-7-3-21(16-29(24)75(51,52)53)73(47,48)13-10-64-71-69-67-44)18-28(32(36)33(31)42-38-25-8-4-22(17-30(25)76(54,55)56)74(49,50)14-11-65-78(60,61)62)41-39-26-6-1-19-15-20(2-5-23(19)34(26)77(57,58)59)72(45,46)12-9-63-70-68-66-43/h1-8,15-18,43-44H,9-14,35-36H2,(H,51,52,53)(H,54,55,56)(H,57,58,59)(H,60,61,62)/b40-37+,41-39+,42-38+. The first-order valence-electron chi connectivity index (χ1n) is 19.8. The lowest BCUT2D eigenvalue weighted by Crippen LogP contribution is -2.16. The fourth-order valence-corrected chi connectivity index (χ4v) is 12.7. The first-order chi connectivity index (χ1) is 36.2. The van der Waals surface area contributed by atoms with E-state index in [4.69, 9.17) is 34.9 Å². The highest BCUT2D eigenvalue weighted by Crippen LogP contribution is 2.47. The van der Waals surface area contributed by atoms with Crippen LogP contribution in [0.5, 0.6) is 0 Å². The van der Waals surface area contributed by atoms with E-state index in [1.807, 2.05) is 0 Å². The molecule has 44 heteroatoms. The molecule has 0 fully saturated rings. The van der Waals surface area contributed by atoms with Crippen LogP contribution in [0.4, 0.5) is 45.5 Å². The minimum atomic E-state index is -5.43. The van der Waals surface area contributed by atoms with Crippen molar-refractivity contribution in [2.45, 2.75) is 29.4 Å². The molecule has 0 aromatic heterocycles. The van der Waals surface area contributed by atoms with Crippen molar-refractivity contribution in [2.75, 3.05) is 48.5 Å². The molecule has 0 spiro atoms. The van der Waals surface area contributed by atoms with E-state index < -0.39 is 177 Å². The van der Waals surface area contributed by atoms with Gasteiger partial charge in [-0.3, -0.25) is 26.6 Å². The summed E-state index contributed by atoms with van der Waals surface area (Å²) in [5.41, 5.74) is 7.03. The average Bonchev–Trinajstić information content (AvgIpc) is 3.36. The third-order valence-electron chi connectivity index (χ3n) is 9.47. The van der Waals surface area contributed by atoms with Gasteiger partial charge in [0, 0.05) is 5.39 Å². The molecule has 0 radical (unpaired) electrons. The molecule has 0 amide bonds. The summed E-state index contributed by atoms with van der Waals surface area (Å²) in [4.78, 5) is -5.26. The lowest BCUT2D eigenvalue weighted by molar-refractivity contribution is -0.434. The summed E-state index contributed by atoms with van der Waals surface area (Å²) in [6.45, 7) is -2.23.